The van der Waals surface area contributed by atoms with Crippen LogP contribution in [0.25, 0.3) is 0 Å². The monoisotopic (exact) mass is 1890 g/mol. The van der Waals surface area contributed by atoms with Gasteiger partial charge in [-0.3, -0.25) is 19.2 Å². The molecule has 10 N–H and O–H groups in total. The smallest absolute Gasteiger partial charge is 0.307 e. The Bertz CT molecular complexity index is 4680. The van der Waals surface area contributed by atoms with Crippen molar-refractivity contribution in [3.63, 3.8) is 0 Å². The number of allylic oxidation sites excluding steroid dienone is 3. The summed E-state index contributed by atoms with van der Waals surface area (Å²) in [5, 5.41) is 70.6. The first-order chi connectivity index (χ1) is 63.2. The minimum Gasteiger partial charge on any atom is -0.481 e. The number of nitrogens with one attached hydrogen (secondary N) is 1. The minimum absolute atomic E-state index is 0.0495. The quantitative estimate of drug-likeness (QED) is 0.0385. The summed E-state index contributed by atoms with van der Waals surface area (Å²) in [5.74, 6) is 0.841. The van der Waals surface area contributed by atoms with Gasteiger partial charge < -0.3 is 65.7 Å². The zero-order valence-corrected chi connectivity index (χ0v) is 88.2. The molecule has 0 unspecified atom stereocenters. The molecule has 29 heteroatoms. The highest BCUT2D eigenvalue weighted by Crippen LogP contribution is 2.81. The number of nitrogens with two attached hydrogens (primary N) is 3. The molecule has 12 aliphatic carbocycles. The highest BCUT2D eigenvalue weighted by atomic mass is 16.6. The number of H-pyrrole nitrogens is 1. The Morgan fingerprint density at radius 3 is 1.11 bits per heavy atom. The Kier molecular flexibility index (Phi) is 27.7. The van der Waals surface area contributed by atoms with Crippen molar-refractivity contribution in [1.29, 1.82) is 0 Å². The molecular formula is C107H175N15O14. The molecule has 3 aliphatic heterocycles. The number of rotatable bonds is 21. The number of esters is 1. The van der Waals surface area contributed by atoms with Gasteiger partial charge in [-0.1, -0.05) is 186 Å². The lowest BCUT2D eigenvalue weighted by molar-refractivity contribution is -0.268. The van der Waals surface area contributed by atoms with Gasteiger partial charge in [0.05, 0.1) is 95.5 Å². The molecule has 9 saturated carbocycles. The van der Waals surface area contributed by atoms with Crippen LogP contribution in [0.5, 0.6) is 0 Å². The molecule has 136 heavy (non-hydrogen) atoms. The van der Waals surface area contributed by atoms with Gasteiger partial charge in [-0.2, -0.15) is 10.0 Å². The Morgan fingerprint density at radius 2 is 0.809 bits per heavy atom. The second-order valence-corrected chi connectivity index (χ2v) is 53.2. The molecule has 3 saturated heterocycles. The first-order valence-electron chi connectivity index (χ1n) is 52.2. The van der Waals surface area contributed by atoms with Crippen LogP contribution in [0.1, 0.15) is 322 Å². The molecule has 0 spiro atoms. The molecular weight excluding hydrogens is 1720 g/mol. The van der Waals surface area contributed by atoms with E-state index in [2.05, 4.69) is 215 Å². The Labute approximate surface area is 811 Å². The zero-order valence-electron chi connectivity index (χ0n) is 88.2. The maximum atomic E-state index is 13.4. The van der Waals surface area contributed by atoms with Crippen LogP contribution in [-0.4, -0.2) is 201 Å². The lowest BCUT2D eigenvalue weighted by atomic mass is 9.34. The van der Waals surface area contributed by atoms with Crippen molar-refractivity contribution in [1.82, 2.24) is 61.0 Å². The van der Waals surface area contributed by atoms with Crippen LogP contribution in [0.4, 0.5) is 0 Å². The van der Waals surface area contributed by atoms with E-state index in [1.165, 1.54) is 36.3 Å². The summed E-state index contributed by atoms with van der Waals surface area (Å²) in [6.07, 6.45) is 28.0. The minimum atomic E-state index is -0.642. The first kappa shape index (κ1) is 104. The van der Waals surface area contributed by atoms with E-state index in [9.17, 15) is 34.5 Å². The number of tetrazole rings is 3. The van der Waals surface area contributed by atoms with E-state index in [1.54, 1.807) is 11.1 Å². The van der Waals surface area contributed by atoms with Gasteiger partial charge in [-0.25, -0.2) is 4.68 Å². The lowest BCUT2D eigenvalue weighted by Gasteiger charge is -2.71. The molecule has 33 atom stereocenters. The van der Waals surface area contributed by atoms with Crippen LogP contribution in [0, 0.1) is 170 Å². The standard InChI is InChI=1S/C36H59NO6.2C35H57N5O4.CH2N4/c1-21(2)22(3)32(7)15-16-34(9)24-11-12-27-33(8)19-41-20-36(27,25(24)13-14-35(34,10)28(32)30(39)40)17-26(43-23(4)38)29(33)42-18-31(5,6)37;1-21(2)22(3)31(6)14-15-33(8)23-10-11-26-32(7)18-43-19-35(26,24(23)12-13-34(33,9)27(31)29(41)42)16-25(40-20-37-38-39-40)28(32)44-17-30(4,5)36;1-21(2)22(3)31(6)14-15-33(8)23-10-11-26-32(7)18-43-19-35(26,24(23)12-13-34(33,9)27(31)29(41)42)16-25(40-38-20-37-39-40)28(32)44-17-30(4,5)36;1-2-4-5-3-1/h13,21-22,24,26-29H,11-12,14-20,37H2,1-10H3,(H,39,40);2*12,20-23,25-28H,10-11,13-19,36H2,1-9H3,(H,41,42);1H,(H,2,3,4,5)/t22-,24+,26-,27+,28-,29+,32-,33+,34-,35+,36+;2*22-,23+,25-,26+,27-,28+,31-,32+,33-,34+,35+;/m111./s1. The molecule has 762 valence electrons. The fraction of sp³-hybridized carbons (Fsp3) is 0.879. The van der Waals surface area contributed by atoms with Gasteiger partial charge in [-0.15, -0.1) is 25.5 Å². The molecule has 0 amide bonds. The normalized spacial score (nSPS) is 44.8. The summed E-state index contributed by atoms with van der Waals surface area (Å²) in [5.41, 5.74) is 18.6. The molecule has 3 aromatic rings. The van der Waals surface area contributed by atoms with Gasteiger partial charge in [0, 0.05) is 56.0 Å². The van der Waals surface area contributed by atoms with E-state index in [0.29, 0.717) is 131 Å². The molecule has 29 nitrogen and oxygen atoms in total. The van der Waals surface area contributed by atoms with Crippen LogP contribution in [0.15, 0.2) is 53.9 Å². The van der Waals surface area contributed by atoms with Gasteiger partial charge in [0.1, 0.15) is 24.6 Å². The van der Waals surface area contributed by atoms with Gasteiger partial charge >= 0.3 is 23.9 Å². The van der Waals surface area contributed by atoms with E-state index in [0.717, 1.165) is 109 Å². The lowest BCUT2D eigenvalue weighted by Crippen LogP contribution is -2.70. The van der Waals surface area contributed by atoms with Crippen molar-refractivity contribution in [3.05, 3.63) is 53.9 Å². The van der Waals surface area contributed by atoms with Gasteiger partial charge in [0.2, 0.25) is 0 Å². The van der Waals surface area contributed by atoms with Crippen LogP contribution >= 0.6 is 0 Å². The number of fused-ring (bicyclic) bond motifs is 9. The summed E-state index contributed by atoms with van der Waals surface area (Å²) in [6, 6.07) is -0.148. The third kappa shape index (κ3) is 16.4. The van der Waals surface area contributed by atoms with E-state index in [4.69, 9.17) is 50.4 Å². The summed E-state index contributed by atoms with van der Waals surface area (Å²) in [7, 11) is 0. The number of carboxylic acids is 3. The summed E-state index contributed by atoms with van der Waals surface area (Å²) in [6.45, 7) is 66.7. The number of ether oxygens (including phenoxy) is 7. The Hall–Kier alpha value is -6.05. The van der Waals surface area contributed by atoms with Crippen molar-refractivity contribution >= 4 is 23.9 Å². The van der Waals surface area contributed by atoms with E-state index in [-0.39, 0.29) is 130 Å². The zero-order chi connectivity index (χ0) is 99.7. The predicted octanol–water partition coefficient (Wildman–Crippen LogP) is 17.7. The number of aliphatic carboxylic acids is 3. The third-order valence-corrected chi connectivity index (χ3v) is 43.1. The Morgan fingerprint density at radius 1 is 0.456 bits per heavy atom. The second kappa shape index (κ2) is 36.1. The van der Waals surface area contributed by atoms with Crippen LogP contribution in [0.3, 0.4) is 0 Å². The van der Waals surface area contributed by atoms with E-state index >= 15 is 0 Å². The van der Waals surface area contributed by atoms with Crippen LogP contribution in [0.2, 0.25) is 0 Å². The van der Waals surface area contributed by atoms with Gasteiger partial charge in [0.15, 0.2) is 12.7 Å². The van der Waals surface area contributed by atoms with Crippen molar-refractivity contribution < 1.29 is 67.7 Å². The fourth-order valence-electron chi connectivity index (χ4n) is 35.1. The summed E-state index contributed by atoms with van der Waals surface area (Å²) >= 11 is 0. The molecule has 3 aromatic heterocycles. The van der Waals surface area contributed by atoms with Crippen molar-refractivity contribution in [2.75, 3.05) is 59.5 Å². The number of carbonyl (C=O) groups is 4. The van der Waals surface area contributed by atoms with Crippen LogP contribution in [-0.2, 0) is 52.3 Å². The highest BCUT2D eigenvalue weighted by molar-refractivity contribution is 5.75. The predicted molar refractivity (Wildman–Crippen MR) is 518 cm³/mol. The molecule has 15 aliphatic rings. The summed E-state index contributed by atoms with van der Waals surface area (Å²) < 4.78 is 47.9. The number of carboxylic acid groups (broad SMARTS) is 3. The van der Waals surface area contributed by atoms with Crippen molar-refractivity contribution in [3.8, 4) is 0 Å². The fourth-order valence-corrected chi connectivity index (χ4v) is 35.1. The molecule has 18 rings (SSSR count). The van der Waals surface area contributed by atoms with E-state index in [1.807, 2.05) is 46.2 Å². The number of hydrogen-bond donors (Lipinski definition) is 7. The van der Waals surface area contributed by atoms with Gasteiger partial charge in [0.25, 0.3) is 0 Å². The number of aromatic amines is 1. The molecule has 12 fully saturated rings. The number of hydrogen-bond acceptors (Lipinski definition) is 23. The molecule has 6 heterocycles. The molecule has 0 radical (unpaired) electrons. The molecule has 0 aromatic carbocycles. The third-order valence-electron chi connectivity index (χ3n) is 43.1. The topological polar surface area (TPSA) is 413 Å². The second-order valence-electron chi connectivity index (χ2n) is 53.2. The maximum Gasteiger partial charge on any atom is 0.307 e. The SMILES string of the molecule is CC(=O)O[C@@H]1C[C@@]23COC[C@@](C)([C@@H]2CC[C@H]2C3=CC[C@@]3(C)[C@H](C(=O)O)[C@@](C)([C@H](C)C(C)C)CC[C@]23C)[C@H]1OCC(C)(C)N.CC(C)[C@@H](C)[C@@]1(C)CC[C@]2(C)[C@H]3CC[C@@H]4[C@@]5(COC[C@]4(C)[C@@H](OCC(C)(C)N)[C@H](n4cnnn4)C5)C3=CC[C@@]2(C)[C@@H]1C(=O)O.CC(C)[C@@H](C)[C@@]1(C)CC[C@]2(C)[C@H]3CC[C@@H]4[C@@]5(COC[C@]4(C)[C@@H](OCC(C)(C)N)[C@H](n4ncnn4)C5)C3=CC[C@@]2(C)[C@@H]1C(=O)O.c1nn[nH]n1. The molecule has 6 bridgehead atoms. The Balaban J connectivity index is 0.000000151. The maximum absolute atomic E-state index is 13.4. The highest BCUT2D eigenvalue weighted by Gasteiger charge is 2.78. The number of carbonyl (C=O) groups excluding carboxylic acids is 1. The largest absolute Gasteiger partial charge is 0.481 e. The van der Waals surface area contributed by atoms with E-state index < -0.39 is 52.3 Å². The van der Waals surface area contributed by atoms with Crippen molar-refractivity contribution in [2.24, 2.45) is 187 Å². The average molecular weight is 1900 g/mol. The van der Waals surface area contributed by atoms with Crippen LogP contribution < -0.4 is 17.2 Å². The first-order valence-corrected chi connectivity index (χ1v) is 52.2. The van der Waals surface area contributed by atoms with Gasteiger partial charge in [-0.05, 0) is 293 Å². The average Bonchev–Trinajstić information content (AvgIpc) is 0.856. The van der Waals surface area contributed by atoms with Crippen molar-refractivity contribution in [2.45, 2.75) is 363 Å². The summed E-state index contributed by atoms with van der Waals surface area (Å²) in [4.78, 5) is 54.3. The number of nitrogens with zero attached hydrogens (tertiary/aromatic N) is 11. The number of aromatic nitrogens is 12.